The molecule has 1 saturated heterocycles. The first-order valence-corrected chi connectivity index (χ1v) is 12.5. The van der Waals surface area contributed by atoms with Crippen LogP contribution < -0.4 is 0 Å². The number of carbonyl (C=O) groups is 4. The zero-order chi connectivity index (χ0) is 27.2. The standard InChI is InChI=1S/C26H35ClO9/c1-12-8-10-18(33-15(4)28)25(7)19(34-16(5)29)11-9-13(2)21(27)23-26(32,14(3)24(31)36-23)22(20(12)25)35-17(6)30/h14,18-23,32H,1-2,8-11H2,3-7H3/t14-,18-,19-,20+,21-,22-,23-,25+,26+/m0/s1. The van der Waals surface area contributed by atoms with E-state index in [4.69, 9.17) is 30.5 Å². The van der Waals surface area contributed by atoms with Crippen LogP contribution in [-0.2, 0) is 38.1 Å². The zero-order valence-corrected chi connectivity index (χ0v) is 22.1. The quantitative estimate of drug-likeness (QED) is 0.255. The van der Waals surface area contributed by atoms with E-state index in [-0.39, 0.29) is 12.8 Å². The summed E-state index contributed by atoms with van der Waals surface area (Å²) in [6, 6.07) is 0. The molecule has 0 radical (unpaired) electrons. The van der Waals surface area contributed by atoms with Crippen molar-refractivity contribution < 1.29 is 43.2 Å². The van der Waals surface area contributed by atoms with Gasteiger partial charge in [-0.05, 0) is 32.6 Å². The van der Waals surface area contributed by atoms with E-state index in [0.29, 0.717) is 24.0 Å². The van der Waals surface area contributed by atoms with Gasteiger partial charge in [0.2, 0.25) is 0 Å². The van der Waals surface area contributed by atoms with Gasteiger partial charge < -0.3 is 24.1 Å². The molecule has 10 heteroatoms. The Morgan fingerprint density at radius 1 is 0.972 bits per heavy atom. The van der Waals surface area contributed by atoms with Crippen molar-refractivity contribution in [3.63, 3.8) is 0 Å². The van der Waals surface area contributed by atoms with Crippen LogP contribution in [0.25, 0.3) is 0 Å². The molecule has 2 aliphatic carbocycles. The monoisotopic (exact) mass is 526 g/mol. The van der Waals surface area contributed by atoms with Crippen molar-refractivity contribution >= 4 is 35.5 Å². The molecule has 0 amide bonds. The summed E-state index contributed by atoms with van der Waals surface area (Å²) in [5, 5.41) is 11.3. The molecule has 9 atom stereocenters. The van der Waals surface area contributed by atoms with Crippen molar-refractivity contribution in [2.75, 3.05) is 0 Å². The Morgan fingerprint density at radius 3 is 1.92 bits per heavy atom. The second-order valence-corrected chi connectivity index (χ2v) is 10.8. The van der Waals surface area contributed by atoms with Gasteiger partial charge in [-0.15, -0.1) is 11.6 Å². The number of alkyl halides is 1. The number of fused-ring (bicyclic) bond motifs is 2. The minimum absolute atomic E-state index is 0.251. The molecule has 0 spiro atoms. The summed E-state index contributed by atoms with van der Waals surface area (Å²) in [4.78, 5) is 49.6. The predicted octanol–water partition coefficient (Wildman–Crippen LogP) is 3.00. The van der Waals surface area contributed by atoms with Crippen LogP contribution in [0.2, 0.25) is 0 Å². The normalized spacial score (nSPS) is 40.9. The third kappa shape index (κ3) is 4.67. The lowest BCUT2D eigenvalue weighted by atomic mass is 9.54. The number of hydrogen-bond donors (Lipinski definition) is 1. The van der Waals surface area contributed by atoms with Crippen LogP contribution in [0, 0.1) is 17.3 Å². The van der Waals surface area contributed by atoms with E-state index in [0.717, 1.165) is 0 Å². The van der Waals surface area contributed by atoms with Crippen LogP contribution in [0.1, 0.15) is 60.3 Å². The lowest BCUT2D eigenvalue weighted by Crippen LogP contribution is -2.67. The lowest BCUT2D eigenvalue weighted by Gasteiger charge is -2.56. The Bertz CT molecular complexity index is 976. The molecule has 0 aromatic carbocycles. The molecule has 3 aliphatic rings. The first-order valence-electron chi connectivity index (χ1n) is 12.1. The molecule has 1 aliphatic heterocycles. The van der Waals surface area contributed by atoms with Gasteiger partial charge >= 0.3 is 23.9 Å². The molecule has 0 aromatic rings. The molecule has 1 N–H and O–H groups in total. The molecule has 1 heterocycles. The van der Waals surface area contributed by atoms with Gasteiger partial charge in [0, 0.05) is 26.7 Å². The maximum atomic E-state index is 12.8. The summed E-state index contributed by atoms with van der Waals surface area (Å²) in [6.45, 7) is 15.2. The largest absolute Gasteiger partial charge is 0.462 e. The molecular weight excluding hydrogens is 492 g/mol. The fraction of sp³-hybridized carbons (Fsp3) is 0.692. The van der Waals surface area contributed by atoms with Gasteiger partial charge in [-0.1, -0.05) is 31.2 Å². The second-order valence-electron chi connectivity index (χ2n) is 10.3. The molecule has 200 valence electrons. The van der Waals surface area contributed by atoms with E-state index in [2.05, 4.69) is 13.2 Å². The molecular formula is C26H35ClO9. The molecule has 0 unspecified atom stereocenters. The molecule has 36 heavy (non-hydrogen) atoms. The van der Waals surface area contributed by atoms with Gasteiger partial charge in [0.1, 0.15) is 18.3 Å². The van der Waals surface area contributed by atoms with Crippen LogP contribution in [0.3, 0.4) is 0 Å². The summed E-state index contributed by atoms with van der Waals surface area (Å²) in [6.07, 6.45) is -3.01. The highest BCUT2D eigenvalue weighted by Gasteiger charge is 2.69. The lowest BCUT2D eigenvalue weighted by molar-refractivity contribution is -0.222. The van der Waals surface area contributed by atoms with Crippen molar-refractivity contribution in [1.82, 2.24) is 0 Å². The summed E-state index contributed by atoms with van der Waals surface area (Å²) in [7, 11) is 0. The van der Waals surface area contributed by atoms with Gasteiger partial charge in [-0.3, -0.25) is 19.2 Å². The number of hydrogen-bond acceptors (Lipinski definition) is 9. The number of aliphatic hydroxyl groups is 1. The van der Waals surface area contributed by atoms with Crippen molar-refractivity contribution in [1.29, 1.82) is 0 Å². The summed E-state index contributed by atoms with van der Waals surface area (Å²) in [5.41, 5.74) is -2.24. The summed E-state index contributed by atoms with van der Waals surface area (Å²) in [5.74, 6) is -4.52. The first kappa shape index (κ1) is 28.2. The van der Waals surface area contributed by atoms with Gasteiger partial charge in [0.25, 0.3) is 0 Å². The topological polar surface area (TPSA) is 125 Å². The maximum Gasteiger partial charge on any atom is 0.312 e. The van der Waals surface area contributed by atoms with Crippen molar-refractivity contribution in [2.45, 2.75) is 95.7 Å². The Morgan fingerprint density at radius 2 is 1.44 bits per heavy atom. The summed E-state index contributed by atoms with van der Waals surface area (Å²) < 4.78 is 22.9. The number of halogens is 1. The van der Waals surface area contributed by atoms with Crippen molar-refractivity contribution in [2.24, 2.45) is 17.3 Å². The van der Waals surface area contributed by atoms with Crippen molar-refractivity contribution in [3.05, 3.63) is 24.3 Å². The maximum absolute atomic E-state index is 12.8. The molecule has 2 saturated carbocycles. The molecule has 9 nitrogen and oxygen atoms in total. The molecule has 0 bridgehead atoms. The molecule has 3 fully saturated rings. The van der Waals surface area contributed by atoms with Crippen LogP contribution in [0.15, 0.2) is 24.3 Å². The minimum Gasteiger partial charge on any atom is -0.462 e. The van der Waals surface area contributed by atoms with Crippen LogP contribution >= 0.6 is 11.6 Å². The number of esters is 4. The highest BCUT2D eigenvalue weighted by Crippen LogP contribution is 2.57. The van der Waals surface area contributed by atoms with E-state index < -0.39 is 76.5 Å². The second kappa shape index (κ2) is 10.2. The smallest absolute Gasteiger partial charge is 0.312 e. The fourth-order valence-corrected chi connectivity index (χ4v) is 6.55. The van der Waals surface area contributed by atoms with E-state index in [9.17, 15) is 24.3 Å². The fourth-order valence-electron chi connectivity index (χ4n) is 6.19. The van der Waals surface area contributed by atoms with Crippen LogP contribution in [0.5, 0.6) is 0 Å². The van der Waals surface area contributed by atoms with Crippen LogP contribution in [0.4, 0.5) is 0 Å². The first-order chi connectivity index (χ1) is 16.6. The Labute approximate surface area is 216 Å². The Hall–Kier alpha value is -2.39. The van der Waals surface area contributed by atoms with E-state index in [1.807, 2.05) is 0 Å². The SMILES string of the molecule is C=C1CC[C@H](OC(C)=O)[C@]2(C)[C@@H](OC(C)=O)CCC(=C)[C@H](Cl)[C@@H]3OC(=O)[C@H](C)[C@@]3(O)[C@@H](OC(C)=O)[C@@H]12. The summed E-state index contributed by atoms with van der Waals surface area (Å²) >= 11 is 6.71. The van der Waals surface area contributed by atoms with E-state index in [1.165, 1.54) is 27.7 Å². The van der Waals surface area contributed by atoms with Gasteiger partial charge in [0.05, 0.1) is 16.7 Å². The predicted molar refractivity (Wildman–Crippen MR) is 129 cm³/mol. The molecule has 0 aromatic heterocycles. The van der Waals surface area contributed by atoms with Crippen molar-refractivity contribution in [3.8, 4) is 0 Å². The Balaban J connectivity index is 2.34. The number of carbonyl (C=O) groups excluding carboxylic acids is 4. The zero-order valence-electron chi connectivity index (χ0n) is 21.4. The average molecular weight is 527 g/mol. The highest BCUT2D eigenvalue weighted by molar-refractivity contribution is 6.23. The number of rotatable bonds is 3. The number of ether oxygens (including phenoxy) is 4. The van der Waals surface area contributed by atoms with Gasteiger partial charge in [0.15, 0.2) is 11.7 Å². The van der Waals surface area contributed by atoms with Crippen LogP contribution in [-0.4, -0.2) is 64.4 Å². The average Bonchev–Trinajstić information content (AvgIpc) is 3.00. The highest BCUT2D eigenvalue weighted by atomic mass is 35.5. The molecule has 3 rings (SSSR count). The minimum atomic E-state index is -2.08. The Kier molecular flexibility index (Phi) is 7.96. The third-order valence-electron chi connectivity index (χ3n) is 8.02. The van der Waals surface area contributed by atoms with E-state index in [1.54, 1.807) is 6.92 Å². The van der Waals surface area contributed by atoms with E-state index >= 15 is 0 Å². The van der Waals surface area contributed by atoms with Gasteiger partial charge in [-0.2, -0.15) is 0 Å². The van der Waals surface area contributed by atoms with Gasteiger partial charge in [-0.25, -0.2) is 0 Å². The third-order valence-corrected chi connectivity index (χ3v) is 8.56.